The third-order valence-corrected chi connectivity index (χ3v) is 3.73. The molecular formula is C20H22ClNO. The summed E-state index contributed by atoms with van der Waals surface area (Å²) in [6, 6.07) is 18.8. The summed E-state index contributed by atoms with van der Waals surface area (Å²) in [6.07, 6.45) is 4.00. The predicted octanol–water partition coefficient (Wildman–Crippen LogP) is 5.39. The monoisotopic (exact) mass is 327 g/mol. The van der Waals surface area contributed by atoms with E-state index < -0.39 is 0 Å². The number of nitrogens with zero attached hydrogens (tertiary/aromatic N) is 1. The molecule has 0 aliphatic carbocycles. The number of hydrogen-bond donors (Lipinski definition) is 0. The van der Waals surface area contributed by atoms with Crippen LogP contribution in [0, 0.1) is 0 Å². The standard InChI is InChI=1S/C20H21NO.ClH/c1-16(13-17-7-4-3-5-8-17)14-21(2)15-19-10-6-9-18-11-12-22-20(18)19;/h3-13H,14-15H2,1-2H3;1H/b16-13+;. The number of fused-ring (bicyclic) bond motifs is 1. The SMILES string of the molecule is C/C(=C\c1ccccc1)CN(C)Cc1cccc2ccoc12.Cl. The van der Waals surface area contributed by atoms with E-state index in [9.17, 15) is 0 Å². The van der Waals surface area contributed by atoms with Crippen molar-refractivity contribution in [3.05, 3.63) is 77.6 Å². The highest BCUT2D eigenvalue weighted by atomic mass is 35.5. The Hall–Kier alpha value is -2.03. The molecule has 23 heavy (non-hydrogen) atoms. The van der Waals surface area contributed by atoms with Crippen LogP contribution in [0.1, 0.15) is 18.1 Å². The van der Waals surface area contributed by atoms with Gasteiger partial charge in [0.15, 0.2) is 0 Å². The van der Waals surface area contributed by atoms with Crippen molar-refractivity contribution < 1.29 is 4.42 Å². The van der Waals surface area contributed by atoms with E-state index in [4.69, 9.17) is 4.42 Å². The van der Waals surface area contributed by atoms with Gasteiger partial charge in [0.25, 0.3) is 0 Å². The Morgan fingerprint density at radius 2 is 1.83 bits per heavy atom. The third-order valence-electron chi connectivity index (χ3n) is 3.73. The molecule has 3 rings (SSSR count). The van der Waals surface area contributed by atoms with Gasteiger partial charge in [-0.1, -0.05) is 60.2 Å². The van der Waals surface area contributed by atoms with Gasteiger partial charge in [0, 0.05) is 24.0 Å². The van der Waals surface area contributed by atoms with E-state index in [-0.39, 0.29) is 12.4 Å². The van der Waals surface area contributed by atoms with Crippen LogP contribution in [0.2, 0.25) is 0 Å². The lowest BCUT2D eigenvalue weighted by Crippen LogP contribution is -2.19. The Kier molecular flexibility index (Phi) is 6.03. The van der Waals surface area contributed by atoms with E-state index in [0.29, 0.717) is 0 Å². The Morgan fingerprint density at radius 1 is 1.04 bits per heavy atom. The molecule has 0 bridgehead atoms. The van der Waals surface area contributed by atoms with Crippen molar-refractivity contribution in [2.45, 2.75) is 13.5 Å². The molecule has 1 aromatic heterocycles. The van der Waals surface area contributed by atoms with Crippen LogP contribution in [0.15, 0.2) is 70.9 Å². The molecule has 0 N–H and O–H groups in total. The summed E-state index contributed by atoms with van der Waals surface area (Å²) in [5.74, 6) is 0. The van der Waals surface area contributed by atoms with Crippen molar-refractivity contribution in [1.29, 1.82) is 0 Å². The van der Waals surface area contributed by atoms with Gasteiger partial charge >= 0.3 is 0 Å². The van der Waals surface area contributed by atoms with Crippen LogP contribution >= 0.6 is 12.4 Å². The van der Waals surface area contributed by atoms with Crippen LogP contribution in [0.4, 0.5) is 0 Å². The Balaban J connectivity index is 0.00000192. The van der Waals surface area contributed by atoms with Gasteiger partial charge < -0.3 is 4.42 Å². The van der Waals surface area contributed by atoms with Gasteiger partial charge in [0.2, 0.25) is 0 Å². The zero-order chi connectivity index (χ0) is 15.4. The molecule has 0 aliphatic rings. The minimum atomic E-state index is 0. The molecule has 3 aromatic rings. The summed E-state index contributed by atoms with van der Waals surface area (Å²) in [7, 11) is 2.14. The molecule has 0 amide bonds. The van der Waals surface area contributed by atoms with Crippen LogP contribution in [0.25, 0.3) is 17.0 Å². The zero-order valence-corrected chi connectivity index (χ0v) is 14.3. The molecule has 0 unspecified atom stereocenters. The lowest BCUT2D eigenvalue weighted by Gasteiger charge is -2.17. The van der Waals surface area contributed by atoms with Crippen molar-refractivity contribution >= 4 is 29.5 Å². The smallest absolute Gasteiger partial charge is 0.138 e. The van der Waals surface area contributed by atoms with E-state index in [2.05, 4.69) is 67.4 Å². The third kappa shape index (κ3) is 4.47. The number of furan rings is 1. The first kappa shape index (κ1) is 17.3. The summed E-state index contributed by atoms with van der Waals surface area (Å²) < 4.78 is 5.61. The molecule has 2 aromatic carbocycles. The average Bonchev–Trinajstić information content (AvgIpc) is 2.97. The second kappa shape index (κ2) is 8.00. The van der Waals surface area contributed by atoms with E-state index in [1.54, 1.807) is 6.26 Å². The van der Waals surface area contributed by atoms with E-state index >= 15 is 0 Å². The van der Waals surface area contributed by atoms with Crippen LogP contribution in [-0.4, -0.2) is 18.5 Å². The van der Waals surface area contributed by atoms with Crippen LogP contribution in [0.5, 0.6) is 0 Å². The molecular weight excluding hydrogens is 306 g/mol. The first-order valence-electron chi connectivity index (χ1n) is 7.58. The molecule has 0 atom stereocenters. The fourth-order valence-electron chi connectivity index (χ4n) is 2.83. The molecule has 0 aliphatic heterocycles. The van der Waals surface area contributed by atoms with Gasteiger partial charge in [-0.2, -0.15) is 0 Å². The lowest BCUT2D eigenvalue weighted by molar-refractivity contribution is 0.355. The highest BCUT2D eigenvalue weighted by Gasteiger charge is 2.07. The van der Waals surface area contributed by atoms with Crippen LogP contribution in [0.3, 0.4) is 0 Å². The maximum Gasteiger partial charge on any atom is 0.138 e. The summed E-state index contributed by atoms with van der Waals surface area (Å²) >= 11 is 0. The first-order valence-corrected chi connectivity index (χ1v) is 7.58. The van der Waals surface area contributed by atoms with Gasteiger partial charge in [-0.3, -0.25) is 4.90 Å². The normalized spacial score (nSPS) is 11.7. The highest BCUT2D eigenvalue weighted by molar-refractivity contribution is 5.85. The summed E-state index contributed by atoms with van der Waals surface area (Å²) in [5.41, 5.74) is 4.83. The van der Waals surface area contributed by atoms with Crippen molar-refractivity contribution in [3.8, 4) is 0 Å². The number of likely N-dealkylation sites (N-methyl/N-ethyl adjacent to an activating group) is 1. The van der Waals surface area contributed by atoms with Gasteiger partial charge in [0.1, 0.15) is 5.58 Å². The summed E-state index contributed by atoms with van der Waals surface area (Å²) in [6.45, 7) is 3.99. The highest BCUT2D eigenvalue weighted by Crippen LogP contribution is 2.21. The maximum atomic E-state index is 5.61. The minimum Gasteiger partial charge on any atom is -0.464 e. The molecule has 0 fully saturated rings. The largest absolute Gasteiger partial charge is 0.464 e. The number of halogens is 1. The molecule has 1 heterocycles. The molecule has 0 saturated heterocycles. The van der Waals surface area contributed by atoms with Crippen molar-refractivity contribution in [1.82, 2.24) is 4.90 Å². The molecule has 0 saturated carbocycles. The van der Waals surface area contributed by atoms with Gasteiger partial charge in [-0.05, 0) is 25.6 Å². The van der Waals surface area contributed by atoms with Crippen molar-refractivity contribution in [2.24, 2.45) is 0 Å². The zero-order valence-electron chi connectivity index (χ0n) is 13.5. The number of benzene rings is 2. The summed E-state index contributed by atoms with van der Waals surface area (Å²) in [4.78, 5) is 2.31. The van der Waals surface area contributed by atoms with E-state index in [0.717, 1.165) is 18.7 Å². The second-order valence-corrected chi connectivity index (χ2v) is 5.83. The van der Waals surface area contributed by atoms with Gasteiger partial charge in [0.05, 0.1) is 6.26 Å². The number of rotatable bonds is 5. The minimum absolute atomic E-state index is 0. The average molecular weight is 328 g/mol. The van der Waals surface area contributed by atoms with Gasteiger partial charge in [-0.25, -0.2) is 0 Å². The summed E-state index contributed by atoms with van der Waals surface area (Å²) in [5, 5.41) is 1.17. The quantitative estimate of drug-likeness (QED) is 0.624. The molecule has 0 radical (unpaired) electrons. The van der Waals surface area contributed by atoms with Crippen LogP contribution < -0.4 is 0 Å². The Labute approximate surface area is 143 Å². The molecule has 0 spiro atoms. The molecule has 120 valence electrons. The molecule has 3 heteroatoms. The first-order chi connectivity index (χ1) is 10.7. The van der Waals surface area contributed by atoms with E-state index in [1.807, 2.05) is 12.1 Å². The maximum absolute atomic E-state index is 5.61. The molecule has 2 nitrogen and oxygen atoms in total. The Morgan fingerprint density at radius 3 is 2.61 bits per heavy atom. The van der Waals surface area contributed by atoms with Crippen molar-refractivity contribution in [3.63, 3.8) is 0 Å². The number of hydrogen-bond acceptors (Lipinski definition) is 2. The second-order valence-electron chi connectivity index (χ2n) is 5.83. The topological polar surface area (TPSA) is 16.4 Å². The fourth-order valence-corrected chi connectivity index (χ4v) is 2.83. The van der Waals surface area contributed by atoms with Gasteiger partial charge in [-0.15, -0.1) is 12.4 Å². The Bertz CT molecular complexity index is 776. The number of para-hydroxylation sites is 1. The van der Waals surface area contributed by atoms with Crippen molar-refractivity contribution in [2.75, 3.05) is 13.6 Å². The lowest BCUT2D eigenvalue weighted by atomic mass is 10.1. The van der Waals surface area contributed by atoms with E-state index in [1.165, 1.54) is 22.1 Å². The fraction of sp³-hybridized carbons (Fsp3) is 0.200. The predicted molar refractivity (Wildman–Crippen MR) is 99.9 cm³/mol. The van der Waals surface area contributed by atoms with Crippen LogP contribution in [-0.2, 0) is 6.54 Å².